The van der Waals surface area contributed by atoms with Gasteiger partial charge in [0.25, 0.3) is 0 Å². The first kappa shape index (κ1) is 9.96. The summed E-state index contributed by atoms with van der Waals surface area (Å²) in [4.78, 5) is 0. The van der Waals surface area contributed by atoms with Gasteiger partial charge in [-0.25, -0.2) is 0 Å². The zero-order valence-corrected chi connectivity index (χ0v) is 8.22. The number of nitrogens with one attached hydrogen (secondary N) is 1. The lowest BCUT2D eigenvalue weighted by Gasteiger charge is -2.38. The Balaban J connectivity index is 2.53. The highest BCUT2D eigenvalue weighted by Crippen LogP contribution is 2.31. The Labute approximate surface area is 74.4 Å². The summed E-state index contributed by atoms with van der Waals surface area (Å²) in [5.41, 5.74) is 0.141. The highest BCUT2D eigenvalue weighted by molar-refractivity contribution is 4.84. The molecule has 1 saturated heterocycles. The molecule has 1 fully saturated rings. The van der Waals surface area contributed by atoms with Crippen molar-refractivity contribution in [3.05, 3.63) is 0 Å². The molecule has 72 valence electrons. The Kier molecular flexibility index (Phi) is 3.50. The van der Waals surface area contributed by atoms with Gasteiger partial charge in [0, 0.05) is 26.2 Å². The van der Waals surface area contributed by atoms with Gasteiger partial charge in [0.1, 0.15) is 0 Å². The zero-order valence-electron chi connectivity index (χ0n) is 8.22. The van der Waals surface area contributed by atoms with Crippen molar-refractivity contribution in [3.63, 3.8) is 0 Å². The predicted octanol–water partition coefficient (Wildman–Crippen LogP) is 0.995. The van der Waals surface area contributed by atoms with E-state index in [9.17, 15) is 0 Å². The van der Waals surface area contributed by atoms with Gasteiger partial charge in [0.15, 0.2) is 6.29 Å². The predicted molar refractivity (Wildman–Crippen MR) is 48.0 cm³/mol. The van der Waals surface area contributed by atoms with Gasteiger partial charge in [-0.05, 0) is 19.4 Å². The molecule has 1 N–H and O–H groups in total. The molecule has 0 aromatic carbocycles. The van der Waals surface area contributed by atoms with Crippen molar-refractivity contribution in [3.8, 4) is 0 Å². The largest absolute Gasteiger partial charge is 0.355 e. The molecule has 0 aliphatic carbocycles. The van der Waals surface area contributed by atoms with Crippen molar-refractivity contribution in [2.75, 3.05) is 27.3 Å². The molecule has 1 atom stereocenters. The van der Waals surface area contributed by atoms with E-state index in [4.69, 9.17) is 9.47 Å². The van der Waals surface area contributed by atoms with Crippen LogP contribution in [0.1, 0.15) is 19.8 Å². The molecule has 0 bridgehead atoms. The molecule has 0 spiro atoms. The molecule has 0 aromatic rings. The molecular weight excluding hydrogens is 154 g/mol. The van der Waals surface area contributed by atoms with E-state index in [0.29, 0.717) is 0 Å². The Bertz CT molecular complexity index is 128. The fourth-order valence-electron chi connectivity index (χ4n) is 1.95. The number of piperidine rings is 1. The van der Waals surface area contributed by atoms with Crippen LogP contribution in [0.15, 0.2) is 0 Å². The normalized spacial score (nSPS) is 31.0. The molecule has 1 rings (SSSR count). The van der Waals surface area contributed by atoms with Gasteiger partial charge in [-0.3, -0.25) is 0 Å². The molecule has 1 aliphatic heterocycles. The van der Waals surface area contributed by atoms with E-state index < -0.39 is 0 Å². The quantitative estimate of drug-likeness (QED) is 0.646. The summed E-state index contributed by atoms with van der Waals surface area (Å²) < 4.78 is 10.6. The minimum Gasteiger partial charge on any atom is -0.355 e. The van der Waals surface area contributed by atoms with Gasteiger partial charge in [-0.15, -0.1) is 0 Å². The average Bonchev–Trinajstić information content (AvgIpc) is 2.07. The lowest BCUT2D eigenvalue weighted by atomic mass is 9.82. The molecule has 0 saturated carbocycles. The van der Waals surface area contributed by atoms with Crippen LogP contribution in [0.5, 0.6) is 0 Å². The molecule has 0 radical (unpaired) electrons. The van der Waals surface area contributed by atoms with Gasteiger partial charge < -0.3 is 14.8 Å². The van der Waals surface area contributed by atoms with E-state index in [0.717, 1.165) is 13.1 Å². The molecule has 1 aliphatic rings. The summed E-state index contributed by atoms with van der Waals surface area (Å²) >= 11 is 0. The van der Waals surface area contributed by atoms with E-state index >= 15 is 0 Å². The highest BCUT2D eigenvalue weighted by Gasteiger charge is 2.35. The van der Waals surface area contributed by atoms with Crippen molar-refractivity contribution in [2.45, 2.75) is 26.1 Å². The first-order valence-corrected chi connectivity index (χ1v) is 4.49. The maximum absolute atomic E-state index is 5.28. The Morgan fingerprint density at radius 2 is 2.00 bits per heavy atom. The van der Waals surface area contributed by atoms with Crippen LogP contribution >= 0.6 is 0 Å². The van der Waals surface area contributed by atoms with Crippen molar-refractivity contribution in [1.82, 2.24) is 5.32 Å². The summed E-state index contributed by atoms with van der Waals surface area (Å²) in [6.45, 7) is 4.31. The summed E-state index contributed by atoms with van der Waals surface area (Å²) in [5.74, 6) is 0. The fourth-order valence-corrected chi connectivity index (χ4v) is 1.95. The third-order valence-electron chi connectivity index (χ3n) is 2.63. The second kappa shape index (κ2) is 4.21. The summed E-state index contributed by atoms with van der Waals surface area (Å²) in [6.07, 6.45) is 2.30. The van der Waals surface area contributed by atoms with Crippen LogP contribution in [0.2, 0.25) is 0 Å². The standard InChI is InChI=1S/C9H19NO2/c1-9(8(11-2)12-3)5-4-6-10-7-9/h8,10H,4-7H2,1-3H3. The fraction of sp³-hybridized carbons (Fsp3) is 1.00. The van der Waals surface area contributed by atoms with E-state index in [-0.39, 0.29) is 11.7 Å². The average molecular weight is 173 g/mol. The molecule has 12 heavy (non-hydrogen) atoms. The van der Waals surface area contributed by atoms with Crippen LogP contribution in [0.25, 0.3) is 0 Å². The van der Waals surface area contributed by atoms with Gasteiger partial charge in [0.2, 0.25) is 0 Å². The van der Waals surface area contributed by atoms with Crippen molar-refractivity contribution in [2.24, 2.45) is 5.41 Å². The molecule has 0 aromatic heterocycles. The number of ether oxygens (including phenoxy) is 2. The topological polar surface area (TPSA) is 30.5 Å². The molecule has 1 heterocycles. The summed E-state index contributed by atoms with van der Waals surface area (Å²) in [6, 6.07) is 0. The first-order chi connectivity index (χ1) is 5.73. The zero-order chi connectivity index (χ0) is 9.03. The maximum atomic E-state index is 5.28. The molecule has 3 heteroatoms. The molecular formula is C9H19NO2. The van der Waals surface area contributed by atoms with Crippen LogP contribution in [0.3, 0.4) is 0 Å². The summed E-state index contributed by atoms with van der Waals surface area (Å²) in [5, 5.41) is 3.36. The first-order valence-electron chi connectivity index (χ1n) is 4.49. The van der Waals surface area contributed by atoms with Crippen LogP contribution in [0, 0.1) is 5.41 Å². The van der Waals surface area contributed by atoms with Gasteiger partial charge >= 0.3 is 0 Å². The van der Waals surface area contributed by atoms with Gasteiger partial charge in [-0.1, -0.05) is 6.92 Å². The van der Waals surface area contributed by atoms with Crippen LogP contribution < -0.4 is 5.32 Å². The van der Waals surface area contributed by atoms with Gasteiger partial charge in [0.05, 0.1) is 0 Å². The van der Waals surface area contributed by atoms with E-state index in [2.05, 4.69) is 12.2 Å². The number of rotatable bonds is 3. The lowest BCUT2D eigenvalue weighted by molar-refractivity contribution is -0.177. The monoisotopic (exact) mass is 173 g/mol. The van der Waals surface area contributed by atoms with E-state index in [1.54, 1.807) is 14.2 Å². The highest BCUT2D eigenvalue weighted by atomic mass is 16.7. The van der Waals surface area contributed by atoms with Gasteiger partial charge in [-0.2, -0.15) is 0 Å². The third kappa shape index (κ3) is 1.97. The molecule has 1 unspecified atom stereocenters. The minimum absolute atomic E-state index is 0.0784. The minimum atomic E-state index is -0.0784. The Morgan fingerprint density at radius 3 is 2.42 bits per heavy atom. The smallest absolute Gasteiger partial charge is 0.163 e. The Hall–Kier alpha value is -0.120. The SMILES string of the molecule is COC(OC)C1(C)CCCNC1. The van der Waals surface area contributed by atoms with Crippen molar-refractivity contribution in [1.29, 1.82) is 0 Å². The van der Waals surface area contributed by atoms with Crippen LogP contribution in [0.4, 0.5) is 0 Å². The van der Waals surface area contributed by atoms with E-state index in [1.165, 1.54) is 12.8 Å². The van der Waals surface area contributed by atoms with E-state index in [1.807, 2.05) is 0 Å². The lowest BCUT2D eigenvalue weighted by Crippen LogP contribution is -2.47. The third-order valence-corrected chi connectivity index (χ3v) is 2.63. The number of hydrogen-bond donors (Lipinski definition) is 1. The number of hydrogen-bond acceptors (Lipinski definition) is 3. The van der Waals surface area contributed by atoms with Crippen LogP contribution in [-0.4, -0.2) is 33.6 Å². The molecule has 3 nitrogen and oxygen atoms in total. The second-order valence-corrected chi connectivity index (χ2v) is 3.74. The maximum Gasteiger partial charge on any atom is 0.163 e. The Morgan fingerprint density at radius 1 is 1.33 bits per heavy atom. The second-order valence-electron chi connectivity index (χ2n) is 3.74. The van der Waals surface area contributed by atoms with Crippen molar-refractivity contribution < 1.29 is 9.47 Å². The van der Waals surface area contributed by atoms with Crippen LogP contribution in [-0.2, 0) is 9.47 Å². The number of methoxy groups -OCH3 is 2. The van der Waals surface area contributed by atoms with Crippen molar-refractivity contribution >= 4 is 0 Å². The summed E-state index contributed by atoms with van der Waals surface area (Å²) in [7, 11) is 3.40. The molecule has 0 amide bonds.